The zero-order valence-corrected chi connectivity index (χ0v) is 16.5. The third kappa shape index (κ3) is 5.49. The fraction of sp³-hybridized carbons (Fsp3) is 0.364. The van der Waals surface area contributed by atoms with Crippen LogP contribution in [0.15, 0.2) is 48.5 Å². The summed E-state index contributed by atoms with van der Waals surface area (Å²) in [4.78, 5) is 24.0. The van der Waals surface area contributed by atoms with Crippen LogP contribution in [-0.2, 0) is 22.5 Å². The van der Waals surface area contributed by atoms with Crippen LogP contribution in [0.2, 0.25) is 0 Å². The number of nitrogens with one attached hydrogen (secondary N) is 2. The fourth-order valence-corrected chi connectivity index (χ4v) is 3.17. The molecule has 2 aromatic carbocycles. The lowest BCUT2D eigenvalue weighted by atomic mass is 10.1. The first-order valence-electron chi connectivity index (χ1n) is 9.40. The van der Waals surface area contributed by atoms with E-state index in [1.54, 1.807) is 0 Å². The minimum absolute atomic E-state index is 0.0797. The van der Waals surface area contributed by atoms with Crippen LogP contribution in [-0.4, -0.2) is 17.8 Å². The first-order valence-corrected chi connectivity index (χ1v) is 9.40. The van der Waals surface area contributed by atoms with Crippen molar-refractivity contribution in [1.29, 1.82) is 0 Å². The third-order valence-corrected chi connectivity index (χ3v) is 4.37. The smallest absolute Gasteiger partial charge is 0.411 e. The van der Waals surface area contributed by atoms with Gasteiger partial charge in [0.1, 0.15) is 12.2 Å². The van der Waals surface area contributed by atoms with Crippen LogP contribution in [0, 0.1) is 0 Å². The second kappa shape index (κ2) is 8.33. The van der Waals surface area contributed by atoms with Gasteiger partial charge in [0.05, 0.1) is 6.04 Å². The van der Waals surface area contributed by atoms with E-state index in [1.165, 1.54) is 0 Å². The number of anilines is 1. The highest BCUT2D eigenvalue weighted by atomic mass is 16.6. The summed E-state index contributed by atoms with van der Waals surface area (Å²) in [6.45, 7) is 5.73. The molecule has 0 radical (unpaired) electrons. The number of benzene rings is 2. The Morgan fingerprint density at radius 1 is 1.07 bits per heavy atom. The molecule has 0 aliphatic heterocycles. The number of carbonyl (C=O) groups is 2. The molecule has 0 aromatic heterocycles. The van der Waals surface area contributed by atoms with Crippen molar-refractivity contribution >= 4 is 17.9 Å². The van der Waals surface area contributed by atoms with Crippen LogP contribution < -0.4 is 10.6 Å². The predicted molar refractivity (Wildman–Crippen MR) is 107 cm³/mol. The van der Waals surface area contributed by atoms with E-state index >= 15 is 0 Å². The fourth-order valence-electron chi connectivity index (χ4n) is 3.17. The summed E-state index contributed by atoms with van der Waals surface area (Å²) in [6, 6.07) is 15.1. The van der Waals surface area contributed by atoms with Gasteiger partial charge in [-0.05, 0) is 62.4 Å². The highest BCUT2D eigenvalue weighted by molar-refractivity contribution is 5.84. The zero-order chi connectivity index (χ0) is 20.1. The Bertz CT molecular complexity index is 843. The Morgan fingerprint density at radius 3 is 2.54 bits per heavy atom. The maximum Gasteiger partial charge on any atom is 0.411 e. The Labute approximate surface area is 165 Å². The van der Waals surface area contributed by atoms with E-state index in [0.717, 1.165) is 29.5 Å². The molecule has 1 aliphatic carbocycles. The lowest BCUT2D eigenvalue weighted by Crippen LogP contribution is -2.34. The van der Waals surface area contributed by atoms with E-state index in [1.807, 2.05) is 69.3 Å². The molecule has 6 nitrogen and oxygen atoms in total. The van der Waals surface area contributed by atoms with Crippen molar-refractivity contribution in [1.82, 2.24) is 5.32 Å². The minimum Gasteiger partial charge on any atom is -0.444 e. The molecule has 2 amide bonds. The SMILES string of the molecule is CC(C)(C)OC(=O)N[C@@H]1CCc2cc(NC(=O)OCc3ccccc3)ccc21. The molecule has 6 heteroatoms. The summed E-state index contributed by atoms with van der Waals surface area (Å²) in [7, 11) is 0. The van der Waals surface area contributed by atoms with E-state index in [4.69, 9.17) is 9.47 Å². The van der Waals surface area contributed by atoms with Gasteiger partial charge in [-0.2, -0.15) is 0 Å². The molecule has 3 rings (SSSR count). The molecule has 0 bridgehead atoms. The standard InChI is InChI=1S/C22H26N2O4/c1-22(2,3)28-21(26)24-19-12-9-16-13-17(10-11-18(16)19)23-20(25)27-14-15-7-5-4-6-8-15/h4-8,10-11,13,19H,9,12,14H2,1-3H3,(H,23,25)(H,24,26)/t19-/m1/s1. The van der Waals surface area contributed by atoms with Crippen molar-refractivity contribution in [2.45, 2.75) is 51.9 Å². The average molecular weight is 382 g/mol. The van der Waals surface area contributed by atoms with Crippen LogP contribution in [0.3, 0.4) is 0 Å². The molecule has 2 N–H and O–H groups in total. The van der Waals surface area contributed by atoms with Gasteiger partial charge in [0.25, 0.3) is 0 Å². The van der Waals surface area contributed by atoms with Crippen LogP contribution in [0.25, 0.3) is 0 Å². The van der Waals surface area contributed by atoms with Gasteiger partial charge in [0, 0.05) is 5.69 Å². The molecule has 1 atom stereocenters. The molecular formula is C22H26N2O4. The number of alkyl carbamates (subject to hydrolysis) is 1. The van der Waals surface area contributed by atoms with Crippen LogP contribution in [0.4, 0.5) is 15.3 Å². The van der Waals surface area contributed by atoms with Gasteiger partial charge in [-0.3, -0.25) is 5.32 Å². The van der Waals surface area contributed by atoms with Crippen molar-refractivity contribution < 1.29 is 19.1 Å². The maximum atomic E-state index is 12.0. The van der Waals surface area contributed by atoms with E-state index in [2.05, 4.69) is 10.6 Å². The number of hydrogen-bond acceptors (Lipinski definition) is 4. The quantitative estimate of drug-likeness (QED) is 0.785. The molecule has 0 saturated carbocycles. The van der Waals surface area contributed by atoms with E-state index in [9.17, 15) is 9.59 Å². The topological polar surface area (TPSA) is 76.7 Å². The molecule has 28 heavy (non-hydrogen) atoms. The van der Waals surface area contributed by atoms with Gasteiger partial charge in [-0.1, -0.05) is 36.4 Å². The minimum atomic E-state index is -0.528. The van der Waals surface area contributed by atoms with Crippen LogP contribution in [0.5, 0.6) is 0 Å². The summed E-state index contributed by atoms with van der Waals surface area (Å²) in [6.07, 6.45) is 0.711. The van der Waals surface area contributed by atoms with Gasteiger partial charge in [0.2, 0.25) is 0 Å². The lowest BCUT2D eigenvalue weighted by Gasteiger charge is -2.22. The van der Waals surface area contributed by atoms with Crippen LogP contribution >= 0.6 is 0 Å². The van der Waals surface area contributed by atoms with E-state index in [0.29, 0.717) is 5.69 Å². The summed E-state index contributed by atoms with van der Waals surface area (Å²) < 4.78 is 10.6. The third-order valence-electron chi connectivity index (χ3n) is 4.37. The van der Waals surface area contributed by atoms with Crippen molar-refractivity contribution in [3.05, 3.63) is 65.2 Å². The summed E-state index contributed by atoms with van der Waals surface area (Å²) in [5.74, 6) is 0. The Kier molecular flexibility index (Phi) is 5.87. The molecule has 0 fully saturated rings. The van der Waals surface area contributed by atoms with Crippen molar-refractivity contribution in [2.24, 2.45) is 0 Å². The molecule has 0 unspecified atom stereocenters. The van der Waals surface area contributed by atoms with Gasteiger partial charge in [0.15, 0.2) is 0 Å². The summed E-state index contributed by atoms with van der Waals surface area (Å²) in [5, 5.41) is 5.67. The Morgan fingerprint density at radius 2 is 1.82 bits per heavy atom. The Hall–Kier alpha value is -3.02. The van der Waals surface area contributed by atoms with E-state index in [-0.39, 0.29) is 12.6 Å². The van der Waals surface area contributed by atoms with Crippen LogP contribution in [0.1, 0.15) is 49.9 Å². The zero-order valence-electron chi connectivity index (χ0n) is 16.5. The maximum absolute atomic E-state index is 12.0. The highest BCUT2D eigenvalue weighted by Gasteiger charge is 2.26. The molecule has 148 valence electrons. The monoisotopic (exact) mass is 382 g/mol. The number of ether oxygens (including phenoxy) is 2. The van der Waals surface area contributed by atoms with E-state index < -0.39 is 17.8 Å². The van der Waals surface area contributed by atoms with Gasteiger partial charge in [-0.15, -0.1) is 0 Å². The molecule has 2 aromatic rings. The highest BCUT2D eigenvalue weighted by Crippen LogP contribution is 2.33. The number of rotatable bonds is 4. The molecule has 0 heterocycles. The van der Waals surface area contributed by atoms with Gasteiger partial charge < -0.3 is 14.8 Å². The summed E-state index contributed by atoms with van der Waals surface area (Å²) in [5.41, 5.74) is 3.23. The number of aryl methyl sites for hydroxylation is 1. The number of carbonyl (C=O) groups excluding carboxylic acids is 2. The van der Waals surface area contributed by atoms with Crippen molar-refractivity contribution in [3.8, 4) is 0 Å². The predicted octanol–water partition coefficient (Wildman–Crippen LogP) is 4.95. The number of amides is 2. The van der Waals surface area contributed by atoms with Gasteiger partial charge in [-0.25, -0.2) is 9.59 Å². The van der Waals surface area contributed by atoms with Crippen molar-refractivity contribution in [2.75, 3.05) is 5.32 Å². The molecular weight excluding hydrogens is 356 g/mol. The number of fused-ring (bicyclic) bond motifs is 1. The first-order chi connectivity index (χ1) is 13.3. The normalized spacial score (nSPS) is 15.5. The molecule has 0 saturated heterocycles. The van der Waals surface area contributed by atoms with Crippen molar-refractivity contribution in [3.63, 3.8) is 0 Å². The average Bonchev–Trinajstić information content (AvgIpc) is 3.01. The largest absolute Gasteiger partial charge is 0.444 e. The summed E-state index contributed by atoms with van der Waals surface area (Å²) >= 11 is 0. The molecule has 1 aliphatic rings. The lowest BCUT2D eigenvalue weighted by molar-refractivity contribution is 0.0503. The second-order valence-corrected chi connectivity index (χ2v) is 7.84. The second-order valence-electron chi connectivity index (χ2n) is 7.84. The Balaban J connectivity index is 1.55. The number of hydrogen-bond donors (Lipinski definition) is 2. The first kappa shape index (κ1) is 19.7. The molecule has 0 spiro atoms. The van der Waals surface area contributed by atoms with Gasteiger partial charge >= 0.3 is 12.2 Å².